The Bertz CT molecular complexity index is 661. The zero-order valence-corrected chi connectivity index (χ0v) is 14.5. The van der Waals surface area contributed by atoms with Crippen LogP contribution < -0.4 is 10.1 Å². The van der Waals surface area contributed by atoms with Gasteiger partial charge in [-0.25, -0.2) is 4.98 Å². The van der Waals surface area contributed by atoms with Crippen LogP contribution >= 0.6 is 22.9 Å². The van der Waals surface area contributed by atoms with E-state index in [0.717, 1.165) is 36.4 Å². The van der Waals surface area contributed by atoms with Crippen LogP contribution in [0.4, 0.5) is 0 Å². The molecule has 1 aliphatic heterocycles. The molecule has 0 bridgehead atoms. The van der Waals surface area contributed by atoms with Gasteiger partial charge in [0, 0.05) is 37.2 Å². The molecule has 1 fully saturated rings. The van der Waals surface area contributed by atoms with Crippen molar-refractivity contribution >= 4 is 28.9 Å². The van der Waals surface area contributed by atoms with Crippen molar-refractivity contribution in [3.63, 3.8) is 0 Å². The van der Waals surface area contributed by atoms with E-state index in [9.17, 15) is 0 Å². The molecule has 122 valence electrons. The number of pyridine rings is 1. The molecule has 3 heterocycles. The van der Waals surface area contributed by atoms with Gasteiger partial charge in [0.2, 0.25) is 5.88 Å². The fourth-order valence-electron chi connectivity index (χ4n) is 2.55. The van der Waals surface area contributed by atoms with Gasteiger partial charge >= 0.3 is 0 Å². The summed E-state index contributed by atoms with van der Waals surface area (Å²) in [6, 6.07) is 9.65. The van der Waals surface area contributed by atoms with E-state index in [0.29, 0.717) is 5.88 Å². The average molecular weight is 351 g/mol. The van der Waals surface area contributed by atoms with E-state index in [2.05, 4.69) is 20.2 Å². The normalized spacial score (nSPS) is 18.3. The lowest BCUT2D eigenvalue weighted by atomic mass is 10.3. The molecule has 0 aromatic carbocycles. The first-order chi connectivity index (χ1) is 11.2. The van der Waals surface area contributed by atoms with Crippen molar-refractivity contribution in [2.24, 2.45) is 4.99 Å². The molecular weight excluding hydrogens is 332 g/mol. The summed E-state index contributed by atoms with van der Waals surface area (Å²) in [5, 5.41) is 3.38. The molecule has 1 unspecified atom stereocenters. The minimum atomic E-state index is 0.139. The average Bonchev–Trinajstić information content (AvgIpc) is 3.19. The monoisotopic (exact) mass is 350 g/mol. The van der Waals surface area contributed by atoms with Crippen LogP contribution in [0.1, 0.15) is 11.3 Å². The van der Waals surface area contributed by atoms with Crippen molar-refractivity contribution in [3.05, 3.63) is 45.7 Å². The van der Waals surface area contributed by atoms with Crippen LogP contribution in [0.25, 0.3) is 0 Å². The first-order valence-electron chi connectivity index (χ1n) is 7.52. The standard InChI is InChI=1S/C16H19ClN4OS/c1-18-16(20-10-13-5-6-14(17)23-13)21-9-7-12(11-21)22-15-4-2-3-8-19-15/h2-6,8,12H,7,9-11H2,1H3,(H,18,20). The van der Waals surface area contributed by atoms with Gasteiger partial charge < -0.3 is 15.0 Å². The maximum absolute atomic E-state index is 5.96. The van der Waals surface area contributed by atoms with Gasteiger partial charge in [-0.05, 0) is 18.2 Å². The van der Waals surface area contributed by atoms with Crippen LogP contribution in [0.2, 0.25) is 4.34 Å². The van der Waals surface area contributed by atoms with Crippen LogP contribution in [0.15, 0.2) is 41.5 Å². The Morgan fingerprint density at radius 1 is 1.48 bits per heavy atom. The molecule has 0 spiro atoms. The predicted octanol–water partition coefficient (Wildman–Crippen LogP) is 3.03. The molecule has 2 aromatic rings. The van der Waals surface area contributed by atoms with Gasteiger partial charge in [-0.3, -0.25) is 4.99 Å². The van der Waals surface area contributed by atoms with E-state index in [1.54, 1.807) is 24.6 Å². The number of hydrogen-bond donors (Lipinski definition) is 1. The molecule has 0 amide bonds. The quantitative estimate of drug-likeness (QED) is 0.680. The number of aromatic nitrogens is 1. The Kier molecular flexibility index (Phi) is 5.35. The molecule has 0 saturated carbocycles. The van der Waals surface area contributed by atoms with Crippen molar-refractivity contribution < 1.29 is 4.74 Å². The highest BCUT2D eigenvalue weighted by molar-refractivity contribution is 7.16. The van der Waals surface area contributed by atoms with Crippen molar-refractivity contribution in [1.29, 1.82) is 0 Å². The van der Waals surface area contributed by atoms with Crippen LogP contribution in [0, 0.1) is 0 Å². The molecule has 1 atom stereocenters. The minimum Gasteiger partial charge on any atom is -0.472 e. The highest BCUT2D eigenvalue weighted by Gasteiger charge is 2.26. The highest BCUT2D eigenvalue weighted by atomic mass is 35.5. The zero-order valence-electron chi connectivity index (χ0n) is 12.9. The third kappa shape index (κ3) is 4.36. The Labute approximate surface area is 145 Å². The maximum Gasteiger partial charge on any atom is 0.213 e. The van der Waals surface area contributed by atoms with E-state index in [1.165, 1.54) is 4.88 Å². The molecular formula is C16H19ClN4OS. The summed E-state index contributed by atoms with van der Waals surface area (Å²) in [4.78, 5) is 12.0. The number of nitrogens with one attached hydrogen (secondary N) is 1. The highest BCUT2D eigenvalue weighted by Crippen LogP contribution is 2.21. The van der Waals surface area contributed by atoms with E-state index >= 15 is 0 Å². The van der Waals surface area contributed by atoms with Gasteiger partial charge in [0.1, 0.15) is 6.10 Å². The molecule has 1 saturated heterocycles. The number of nitrogens with zero attached hydrogens (tertiary/aromatic N) is 3. The molecule has 7 heteroatoms. The summed E-state index contributed by atoms with van der Waals surface area (Å²) in [5.41, 5.74) is 0. The first kappa shape index (κ1) is 16.1. The summed E-state index contributed by atoms with van der Waals surface area (Å²) < 4.78 is 6.72. The molecule has 23 heavy (non-hydrogen) atoms. The van der Waals surface area contributed by atoms with Crippen molar-refractivity contribution in [1.82, 2.24) is 15.2 Å². The second-order valence-electron chi connectivity index (χ2n) is 5.25. The fraction of sp³-hybridized carbons (Fsp3) is 0.375. The number of guanidine groups is 1. The number of hydrogen-bond acceptors (Lipinski definition) is 4. The molecule has 1 N–H and O–H groups in total. The van der Waals surface area contributed by atoms with Gasteiger partial charge in [0.15, 0.2) is 5.96 Å². The molecule has 0 radical (unpaired) electrons. The van der Waals surface area contributed by atoms with Crippen molar-refractivity contribution in [2.45, 2.75) is 19.1 Å². The molecule has 1 aliphatic rings. The number of thiophene rings is 1. The summed E-state index contributed by atoms with van der Waals surface area (Å²) in [6.45, 7) is 2.45. The topological polar surface area (TPSA) is 49.8 Å². The van der Waals surface area contributed by atoms with Gasteiger partial charge in [0.25, 0.3) is 0 Å². The van der Waals surface area contributed by atoms with E-state index in [-0.39, 0.29) is 6.10 Å². The Morgan fingerprint density at radius 2 is 2.39 bits per heavy atom. The summed E-state index contributed by atoms with van der Waals surface area (Å²) in [7, 11) is 1.80. The minimum absolute atomic E-state index is 0.139. The Morgan fingerprint density at radius 3 is 3.09 bits per heavy atom. The summed E-state index contributed by atoms with van der Waals surface area (Å²) >= 11 is 7.54. The second-order valence-corrected chi connectivity index (χ2v) is 7.05. The zero-order chi connectivity index (χ0) is 16.1. The van der Waals surface area contributed by atoms with Gasteiger partial charge in [-0.2, -0.15) is 0 Å². The lowest BCUT2D eigenvalue weighted by molar-refractivity contribution is 0.205. The molecule has 5 nitrogen and oxygen atoms in total. The largest absolute Gasteiger partial charge is 0.472 e. The lowest BCUT2D eigenvalue weighted by Gasteiger charge is -2.21. The van der Waals surface area contributed by atoms with Crippen LogP contribution in [-0.2, 0) is 6.54 Å². The number of likely N-dealkylation sites (tertiary alicyclic amines) is 1. The van der Waals surface area contributed by atoms with E-state index < -0.39 is 0 Å². The van der Waals surface area contributed by atoms with Crippen molar-refractivity contribution in [3.8, 4) is 5.88 Å². The summed E-state index contributed by atoms with van der Waals surface area (Å²) in [5.74, 6) is 1.57. The molecule has 2 aromatic heterocycles. The molecule has 0 aliphatic carbocycles. The van der Waals surface area contributed by atoms with Crippen LogP contribution in [0.5, 0.6) is 5.88 Å². The number of ether oxygens (including phenoxy) is 1. The number of aliphatic imine (C=N–C) groups is 1. The SMILES string of the molecule is CN=C(NCc1ccc(Cl)s1)N1CCC(Oc2ccccn2)C1. The van der Waals surface area contributed by atoms with Gasteiger partial charge in [-0.1, -0.05) is 17.7 Å². The van der Waals surface area contributed by atoms with Gasteiger partial charge in [-0.15, -0.1) is 11.3 Å². The lowest BCUT2D eigenvalue weighted by Crippen LogP contribution is -2.40. The Hall–Kier alpha value is -1.79. The van der Waals surface area contributed by atoms with E-state index in [4.69, 9.17) is 16.3 Å². The number of rotatable bonds is 4. The molecule has 3 rings (SSSR count). The van der Waals surface area contributed by atoms with Crippen LogP contribution in [-0.4, -0.2) is 42.1 Å². The third-order valence-electron chi connectivity index (χ3n) is 3.63. The second kappa shape index (κ2) is 7.66. The smallest absolute Gasteiger partial charge is 0.213 e. The van der Waals surface area contributed by atoms with Gasteiger partial charge in [0.05, 0.1) is 17.4 Å². The number of halogens is 1. The van der Waals surface area contributed by atoms with Crippen molar-refractivity contribution in [2.75, 3.05) is 20.1 Å². The predicted molar refractivity (Wildman–Crippen MR) is 94.4 cm³/mol. The van der Waals surface area contributed by atoms with E-state index in [1.807, 2.05) is 30.3 Å². The first-order valence-corrected chi connectivity index (χ1v) is 8.71. The maximum atomic E-state index is 5.96. The Balaban J connectivity index is 1.52. The third-order valence-corrected chi connectivity index (χ3v) is 4.86. The fourth-order valence-corrected chi connectivity index (χ4v) is 3.58. The summed E-state index contributed by atoms with van der Waals surface area (Å²) in [6.07, 6.45) is 2.84. The van der Waals surface area contributed by atoms with Crippen LogP contribution in [0.3, 0.4) is 0 Å².